The number of ether oxygens (including phenoxy) is 1. The Morgan fingerprint density at radius 3 is 2.56 bits per heavy atom. The van der Waals surface area contributed by atoms with Crippen molar-refractivity contribution >= 4 is 23.4 Å². The Balaban J connectivity index is 0.000000493. The summed E-state index contributed by atoms with van der Waals surface area (Å²) in [6, 6.07) is 16.7. The zero-order chi connectivity index (χ0) is 29.4. The predicted octanol–water partition coefficient (Wildman–Crippen LogP) is 5.73. The zero-order valence-electron chi connectivity index (χ0n) is 22.3. The van der Waals surface area contributed by atoms with Gasteiger partial charge in [-0.05, 0) is 97.3 Å². The minimum absolute atomic E-state index is 0.0828. The van der Waals surface area contributed by atoms with E-state index in [0.717, 1.165) is 50.5 Å². The summed E-state index contributed by atoms with van der Waals surface area (Å²) in [6.45, 7) is 2.66. The molecule has 0 spiro atoms. The van der Waals surface area contributed by atoms with Gasteiger partial charge in [-0.1, -0.05) is 24.6 Å². The molecular weight excluding hydrogens is 561 g/mol. The lowest BCUT2D eigenvalue weighted by Crippen LogP contribution is -2.37. The van der Waals surface area contributed by atoms with Crippen molar-refractivity contribution in [2.24, 2.45) is 0 Å². The van der Waals surface area contributed by atoms with Gasteiger partial charge < -0.3 is 25.2 Å². The number of benzene rings is 2. The van der Waals surface area contributed by atoms with Crippen molar-refractivity contribution in [2.75, 3.05) is 24.6 Å². The number of carboxylic acid groups (broad SMARTS) is 1. The van der Waals surface area contributed by atoms with Crippen molar-refractivity contribution in [3.05, 3.63) is 76.7 Å². The van der Waals surface area contributed by atoms with Gasteiger partial charge in [0.2, 0.25) is 5.28 Å². The van der Waals surface area contributed by atoms with Crippen LogP contribution in [0.15, 0.2) is 54.7 Å². The molecule has 1 saturated heterocycles. The van der Waals surface area contributed by atoms with E-state index in [0.29, 0.717) is 11.8 Å². The van der Waals surface area contributed by atoms with Crippen LogP contribution in [0.5, 0.6) is 11.5 Å². The van der Waals surface area contributed by atoms with E-state index in [4.69, 9.17) is 26.2 Å². The van der Waals surface area contributed by atoms with Crippen molar-refractivity contribution in [1.82, 2.24) is 15.3 Å². The SMILES string of the molecule is O=C(O)C(F)(F)F.Oc1ccc2c(c1)CCN(c1ccnc(Cl)n1)C2Cc1ccc(OCCC2CCCCN2)cc1. The average molecular weight is 593 g/mol. The molecular formula is C29H32ClF3N4O4. The molecule has 2 aliphatic heterocycles. The van der Waals surface area contributed by atoms with Gasteiger partial charge >= 0.3 is 12.1 Å². The third kappa shape index (κ3) is 8.71. The normalized spacial score (nSPS) is 18.6. The molecule has 0 aliphatic carbocycles. The van der Waals surface area contributed by atoms with Crippen LogP contribution in [0, 0.1) is 0 Å². The number of piperidine rings is 1. The highest BCUT2D eigenvalue weighted by molar-refractivity contribution is 6.28. The molecule has 2 aromatic carbocycles. The van der Waals surface area contributed by atoms with Crippen LogP contribution in [-0.2, 0) is 17.6 Å². The Bertz CT molecular complexity index is 1300. The molecule has 1 fully saturated rings. The number of rotatable bonds is 7. The summed E-state index contributed by atoms with van der Waals surface area (Å²) in [4.78, 5) is 19.7. The average Bonchev–Trinajstić information content (AvgIpc) is 2.94. The number of phenolic OH excluding ortho intramolecular Hbond substituents is 1. The third-order valence-electron chi connectivity index (χ3n) is 7.13. The minimum atomic E-state index is -5.08. The van der Waals surface area contributed by atoms with Crippen LogP contribution in [0.1, 0.15) is 48.4 Å². The van der Waals surface area contributed by atoms with Crippen LogP contribution in [0.25, 0.3) is 0 Å². The summed E-state index contributed by atoms with van der Waals surface area (Å²) in [5.41, 5.74) is 3.61. The van der Waals surface area contributed by atoms with Crippen molar-refractivity contribution in [1.29, 1.82) is 0 Å². The van der Waals surface area contributed by atoms with Gasteiger partial charge in [-0.3, -0.25) is 0 Å². The first kappa shape index (κ1) is 30.4. The number of carboxylic acids is 1. The molecule has 2 aliphatic rings. The van der Waals surface area contributed by atoms with E-state index in [9.17, 15) is 18.3 Å². The number of hydrogen-bond acceptors (Lipinski definition) is 7. The van der Waals surface area contributed by atoms with E-state index in [2.05, 4.69) is 44.5 Å². The number of aromatic nitrogens is 2. The Morgan fingerprint density at radius 1 is 1.15 bits per heavy atom. The van der Waals surface area contributed by atoms with Crippen LogP contribution in [0.2, 0.25) is 5.28 Å². The van der Waals surface area contributed by atoms with E-state index in [1.54, 1.807) is 12.3 Å². The molecule has 220 valence electrons. The van der Waals surface area contributed by atoms with Crippen molar-refractivity contribution in [3.8, 4) is 11.5 Å². The van der Waals surface area contributed by atoms with E-state index in [1.807, 2.05) is 18.2 Å². The molecule has 2 unspecified atom stereocenters. The number of carbonyl (C=O) groups is 1. The zero-order valence-corrected chi connectivity index (χ0v) is 23.0. The van der Waals surface area contributed by atoms with Crippen LogP contribution < -0.4 is 15.0 Å². The second-order valence-corrected chi connectivity index (χ2v) is 10.3. The molecule has 5 rings (SSSR count). The van der Waals surface area contributed by atoms with E-state index >= 15 is 0 Å². The molecule has 1 aromatic heterocycles. The topological polar surface area (TPSA) is 108 Å². The van der Waals surface area contributed by atoms with Gasteiger partial charge in [-0.15, -0.1) is 0 Å². The number of phenols is 1. The van der Waals surface area contributed by atoms with Crippen molar-refractivity contribution in [3.63, 3.8) is 0 Å². The van der Waals surface area contributed by atoms with E-state index < -0.39 is 12.1 Å². The molecule has 3 heterocycles. The van der Waals surface area contributed by atoms with Gasteiger partial charge in [0.05, 0.1) is 12.6 Å². The highest BCUT2D eigenvalue weighted by atomic mass is 35.5. The fraction of sp³-hybridized carbons (Fsp3) is 0.414. The monoisotopic (exact) mass is 592 g/mol. The number of nitrogens with zero attached hydrogens (tertiary/aromatic N) is 3. The lowest BCUT2D eigenvalue weighted by Gasteiger charge is -2.38. The van der Waals surface area contributed by atoms with Gasteiger partial charge in [0.25, 0.3) is 0 Å². The van der Waals surface area contributed by atoms with Crippen LogP contribution in [0.3, 0.4) is 0 Å². The first-order valence-electron chi connectivity index (χ1n) is 13.4. The minimum Gasteiger partial charge on any atom is -0.508 e. The van der Waals surface area contributed by atoms with E-state index in [1.165, 1.54) is 36.0 Å². The maximum Gasteiger partial charge on any atom is 0.490 e. The first-order valence-corrected chi connectivity index (χ1v) is 13.8. The molecule has 3 N–H and O–H groups in total. The number of hydrogen-bond donors (Lipinski definition) is 3. The number of anilines is 1. The maximum absolute atomic E-state index is 10.6. The Labute approximate surface area is 241 Å². The first-order chi connectivity index (χ1) is 19.6. The van der Waals surface area contributed by atoms with Gasteiger partial charge in [-0.2, -0.15) is 13.2 Å². The molecule has 0 amide bonds. The van der Waals surface area contributed by atoms with E-state index in [-0.39, 0.29) is 11.3 Å². The lowest BCUT2D eigenvalue weighted by atomic mass is 9.88. The molecule has 8 nitrogen and oxygen atoms in total. The predicted molar refractivity (Wildman–Crippen MR) is 149 cm³/mol. The fourth-order valence-corrected chi connectivity index (χ4v) is 5.26. The highest BCUT2D eigenvalue weighted by Crippen LogP contribution is 2.37. The molecule has 0 saturated carbocycles. The summed E-state index contributed by atoms with van der Waals surface area (Å²) in [5.74, 6) is -0.721. The molecule has 12 heteroatoms. The molecule has 3 aromatic rings. The second-order valence-electron chi connectivity index (χ2n) is 9.96. The summed E-state index contributed by atoms with van der Waals surface area (Å²) < 4.78 is 37.8. The van der Waals surface area contributed by atoms with Gasteiger partial charge in [0, 0.05) is 18.8 Å². The third-order valence-corrected chi connectivity index (χ3v) is 7.31. The van der Waals surface area contributed by atoms with Crippen molar-refractivity contribution in [2.45, 2.75) is 56.8 Å². The van der Waals surface area contributed by atoms with Gasteiger partial charge in [0.1, 0.15) is 17.3 Å². The van der Waals surface area contributed by atoms with Crippen LogP contribution >= 0.6 is 11.6 Å². The summed E-state index contributed by atoms with van der Waals surface area (Å²) in [5, 5.41) is 20.9. The van der Waals surface area contributed by atoms with Crippen molar-refractivity contribution < 1.29 is 32.9 Å². The van der Waals surface area contributed by atoms with Crippen LogP contribution in [-0.4, -0.2) is 58.1 Å². The smallest absolute Gasteiger partial charge is 0.490 e. The van der Waals surface area contributed by atoms with Crippen LogP contribution in [0.4, 0.5) is 19.0 Å². The Morgan fingerprint density at radius 2 is 1.90 bits per heavy atom. The number of aromatic hydroxyl groups is 1. The number of aliphatic carboxylic acids is 1. The molecule has 2 atom stereocenters. The molecule has 0 radical (unpaired) electrons. The molecule has 0 bridgehead atoms. The number of fused-ring (bicyclic) bond motifs is 1. The quantitative estimate of drug-likeness (QED) is 0.299. The highest BCUT2D eigenvalue weighted by Gasteiger charge is 2.38. The number of halogens is 4. The standard InChI is InChI=1S/C27H31ClN4O2.C2HF3O2/c28-27-30-14-10-26(31-27)32-15-11-20-18-22(33)6-9-24(20)25(32)17-19-4-7-23(8-5-19)34-16-12-21-3-1-2-13-29-21;3-2(4,5)1(6)7/h4-10,14,18,21,25,29,33H,1-3,11-13,15-17H2;(H,6,7). The Hall–Kier alpha value is -3.57. The largest absolute Gasteiger partial charge is 0.508 e. The summed E-state index contributed by atoms with van der Waals surface area (Å²) in [7, 11) is 0. The van der Waals surface area contributed by atoms with Gasteiger partial charge in [0.15, 0.2) is 0 Å². The number of nitrogens with one attached hydrogen (secondary N) is 1. The second kappa shape index (κ2) is 13.9. The number of alkyl halides is 3. The molecule has 41 heavy (non-hydrogen) atoms. The maximum atomic E-state index is 10.6. The lowest BCUT2D eigenvalue weighted by molar-refractivity contribution is -0.192. The summed E-state index contributed by atoms with van der Waals surface area (Å²) >= 11 is 6.10. The van der Waals surface area contributed by atoms with Gasteiger partial charge in [-0.25, -0.2) is 14.8 Å². The Kier molecular flexibility index (Phi) is 10.3. The summed E-state index contributed by atoms with van der Waals surface area (Å²) in [6.07, 6.45) is 3.15. The fourth-order valence-electron chi connectivity index (χ4n) is 5.11.